The average Bonchev–Trinajstić information content (AvgIpc) is 3.06. The highest BCUT2D eigenvalue weighted by atomic mass is 15.4. The fourth-order valence-electron chi connectivity index (χ4n) is 3.41. The minimum Gasteiger partial charge on any atom is -0.354 e. The lowest BCUT2D eigenvalue weighted by molar-refractivity contribution is 0.311. The lowest BCUT2D eigenvalue weighted by Gasteiger charge is -2.34. The summed E-state index contributed by atoms with van der Waals surface area (Å²) in [5.74, 6) is 1.15. The highest BCUT2D eigenvalue weighted by Crippen LogP contribution is 2.31. The third kappa shape index (κ3) is 3.07. The van der Waals surface area contributed by atoms with E-state index in [1.165, 1.54) is 0 Å². The van der Waals surface area contributed by atoms with Gasteiger partial charge in [0, 0.05) is 43.2 Å². The molecule has 2 aromatic heterocycles. The number of piperazine rings is 1. The van der Waals surface area contributed by atoms with Gasteiger partial charge in [0.25, 0.3) is 0 Å². The molecule has 0 radical (unpaired) electrons. The van der Waals surface area contributed by atoms with Gasteiger partial charge < -0.3 is 9.80 Å². The quantitative estimate of drug-likeness (QED) is 0.710. The van der Waals surface area contributed by atoms with Crippen LogP contribution >= 0.6 is 0 Å². The van der Waals surface area contributed by atoms with E-state index in [9.17, 15) is 0 Å². The van der Waals surface area contributed by atoms with E-state index < -0.39 is 0 Å². The number of hydrogen-bond donors (Lipinski definition) is 0. The summed E-state index contributed by atoms with van der Waals surface area (Å²) in [5, 5.41) is 4.71. The summed E-state index contributed by atoms with van der Waals surface area (Å²) in [5.41, 5.74) is 4.29. The largest absolute Gasteiger partial charge is 0.354 e. The van der Waals surface area contributed by atoms with Crippen LogP contribution in [0.4, 0.5) is 5.82 Å². The Labute approximate surface area is 155 Å². The first-order chi connectivity index (χ1) is 12.4. The third-order valence-electron chi connectivity index (χ3n) is 5.13. The second kappa shape index (κ2) is 6.40. The smallest absolute Gasteiger partial charge is 0.165 e. The molecule has 0 spiro atoms. The van der Waals surface area contributed by atoms with E-state index in [0.29, 0.717) is 0 Å². The Balaban J connectivity index is 1.89. The summed E-state index contributed by atoms with van der Waals surface area (Å²) < 4.78 is 2.02. The molecule has 0 N–H and O–H groups in total. The molecule has 0 unspecified atom stereocenters. The Hall–Kier alpha value is -2.40. The van der Waals surface area contributed by atoms with Crippen LogP contribution in [0.3, 0.4) is 0 Å². The molecule has 1 aromatic carbocycles. The predicted octanol–water partition coefficient (Wildman–Crippen LogP) is 3.45. The summed E-state index contributed by atoms with van der Waals surface area (Å²) in [6, 6.07) is 12.6. The number of rotatable bonds is 2. The number of fused-ring (bicyclic) bond motifs is 1. The van der Waals surface area contributed by atoms with Crippen molar-refractivity contribution in [3.8, 4) is 11.1 Å². The molecule has 5 nitrogen and oxygen atoms in total. The molecule has 3 aromatic rings. The molecule has 136 valence electrons. The molecule has 1 aliphatic rings. The third-order valence-corrected chi connectivity index (χ3v) is 5.13. The van der Waals surface area contributed by atoms with Crippen molar-refractivity contribution >= 4 is 11.5 Å². The zero-order valence-corrected chi connectivity index (χ0v) is 16.1. The molecule has 0 saturated carbocycles. The van der Waals surface area contributed by atoms with Crippen LogP contribution in [0.25, 0.3) is 16.8 Å². The van der Waals surface area contributed by atoms with Crippen molar-refractivity contribution < 1.29 is 0 Å². The number of hydrogen-bond acceptors (Lipinski definition) is 4. The van der Waals surface area contributed by atoms with Crippen LogP contribution in [0.5, 0.6) is 0 Å². The van der Waals surface area contributed by atoms with Crippen LogP contribution in [0.2, 0.25) is 0 Å². The summed E-state index contributed by atoms with van der Waals surface area (Å²) in [4.78, 5) is 9.83. The van der Waals surface area contributed by atoms with Crippen LogP contribution < -0.4 is 4.90 Å². The van der Waals surface area contributed by atoms with Gasteiger partial charge in [-0.2, -0.15) is 9.61 Å². The lowest BCUT2D eigenvalue weighted by atomic mass is 9.91. The number of likely N-dealkylation sites (N-methyl/N-ethyl adjacent to an activating group) is 1. The average molecular weight is 349 g/mol. The van der Waals surface area contributed by atoms with Gasteiger partial charge in [-0.25, -0.2) is 4.98 Å². The summed E-state index contributed by atoms with van der Waals surface area (Å²) in [7, 11) is 2.18. The Kier molecular flexibility index (Phi) is 4.19. The molecule has 5 heteroatoms. The van der Waals surface area contributed by atoms with E-state index >= 15 is 0 Å². The molecule has 0 amide bonds. The maximum atomic E-state index is 5.02. The minimum absolute atomic E-state index is 0.0126. The Morgan fingerprint density at radius 1 is 0.962 bits per heavy atom. The minimum atomic E-state index is -0.0126. The van der Waals surface area contributed by atoms with Gasteiger partial charge >= 0.3 is 0 Å². The van der Waals surface area contributed by atoms with Gasteiger partial charge in [-0.05, 0) is 12.6 Å². The first-order valence-corrected chi connectivity index (χ1v) is 9.32. The van der Waals surface area contributed by atoms with Crippen molar-refractivity contribution in [1.82, 2.24) is 19.5 Å². The molecule has 1 aliphatic heterocycles. The normalized spacial score (nSPS) is 16.4. The van der Waals surface area contributed by atoms with Crippen LogP contribution in [0, 0.1) is 0 Å². The fraction of sp³-hybridized carbons (Fsp3) is 0.429. The van der Waals surface area contributed by atoms with Gasteiger partial charge in [0.05, 0.1) is 11.9 Å². The van der Waals surface area contributed by atoms with Gasteiger partial charge in [-0.15, -0.1) is 0 Å². The van der Waals surface area contributed by atoms with E-state index in [4.69, 9.17) is 10.1 Å². The Morgan fingerprint density at radius 3 is 2.31 bits per heavy atom. The van der Waals surface area contributed by atoms with Crippen LogP contribution in [0.15, 0.2) is 42.6 Å². The SMILES string of the molecule is CN1CCN(c2cc(C(C)(C)C)nc3c(-c4ccccc4)cnn23)CC1. The molecule has 1 fully saturated rings. The highest BCUT2D eigenvalue weighted by Gasteiger charge is 2.24. The van der Waals surface area contributed by atoms with Gasteiger partial charge in [-0.3, -0.25) is 0 Å². The van der Waals surface area contributed by atoms with Gasteiger partial charge in [0.1, 0.15) is 5.82 Å². The maximum absolute atomic E-state index is 5.02. The molecule has 0 aliphatic carbocycles. The highest BCUT2D eigenvalue weighted by molar-refractivity contribution is 5.78. The fourth-order valence-corrected chi connectivity index (χ4v) is 3.41. The topological polar surface area (TPSA) is 36.7 Å². The van der Waals surface area contributed by atoms with E-state index in [1.54, 1.807) is 0 Å². The zero-order chi connectivity index (χ0) is 18.3. The van der Waals surface area contributed by atoms with E-state index in [2.05, 4.69) is 68.0 Å². The lowest BCUT2D eigenvalue weighted by Crippen LogP contribution is -2.45. The predicted molar refractivity (Wildman–Crippen MR) is 107 cm³/mol. The molecular formula is C21H27N5. The number of nitrogens with zero attached hydrogens (tertiary/aromatic N) is 5. The van der Waals surface area contributed by atoms with Crippen LogP contribution in [0.1, 0.15) is 26.5 Å². The van der Waals surface area contributed by atoms with Crippen molar-refractivity contribution in [3.63, 3.8) is 0 Å². The Morgan fingerprint density at radius 2 is 1.65 bits per heavy atom. The van der Waals surface area contributed by atoms with E-state index in [1.807, 2.05) is 16.8 Å². The molecule has 26 heavy (non-hydrogen) atoms. The second-order valence-corrected chi connectivity index (χ2v) is 8.20. The summed E-state index contributed by atoms with van der Waals surface area (Å²) in [6.45, 7) is 10.8. The van der Waals surface area contributed by atoms with Crippen molar-refractivity contribution in [3.05, 3.63) is 48.3 Å². The summed E-state index contributed by atoms with van der Waals surface area (Å²) in [6.07, 6.45) is 1.95. The molecule has 0 bridgehead atoms. The first kappa shape index (κ1) is 17.0. The molecular weight excluding hydrogens is 322 g/mol. The number of aromatic nitrogens is 3. The van der Waals surface area contributed by atoms with E-state index in [0.717, 1.165) is 54.5 Å². The summed E-state index contributed by atoms with van der Waals surface area (Å²) >= 11 is 0. The Bertz CT molecular complexity index is 899. The van der Waals surface area contributed by atoms with Crippen LogP contribution in [-0.4, -0.2) is 52.7 Å². The van der Waals surface area contributed by atoms with E-state index in [-0.39, 0.29) is 5.41 Å². The molecule has 4 rings (SSSR count). The molecule has 0 atom stereocenters. The van der Waals surface area contributed by atoms with Crippen molar-refractivity contribution in [2.45, 2.75) is 26.2 Å². The van der Waals surface area contributed by atoms with Crippen molar-refractivity contribution in [2.24, 2.45) is 0 Å². The van der Waals surface area contributed by atoms with Gasteiger partial charge in [0.15, 0.2) is 5.65 Å². The standard InChI is InChI=1S/C21H27N5/c1-21(2,3)18-14-19(25-12-10-24(4)11-13-25)26-20(23-18)17(15-22-26)16-8-6-5-7-9-16/h5-9,14-15H,10-13H2,1-4H3. The van der Waals surface area contributed by atoms with Gasteiger partial charge in [-0.1, -0.05) is 51.1 Å². The maximum Gasteiger partial charge on any atom is 0.165 e. The molecule has 3 heterocycles. The number of benzene rings is 1. The van der Waals surface area contributed by atoms with Gasteiger partial charge in [0.2, 0.25) is 0 Å². The van der Waals surface area contributed by atoms with Crippen LogP contribution in [-0.2, 0) is 5.41 Å². The van der Waals surface area contributed by atoms with Crippen molar-refractivity contribution in [2.75, 3.05) is 38.1 Å². The first-order valence-electron chi connectivity index (χ1n) is 9.32. The second-order valence-electron chi connectivity index (χ2n) is 8.20. The monoisotopic (exact) mass is 349 g/mol. The zero-order valence-electron chi connectivity index (χ0n) is 16.1. The van der Waals surface area contributed by atoms with Crippen molar-refractivity contribution in [1.29, 1.82) is 0 Å². The molecule has 1 saturated heterocycles. The number of anilines is 1.